The molecule has 112 valence electrons. The molecule has 0 bridgehead atoms. The Labute approximate surface area is 124 Å². The average molecular weight is 319 g/mol. The molecule has 1 fully saturated rings. The van der Waals surface area contributed by atoms with E-state index in [0.29, 0.717) is 10.6 Å². The monoisotopic (exact) mass is 318 g/mol. The van der Waals surface area contributed by atoms with E-state index >= 15 is 0 Å². The standard InChI is InChI=1S/C13H19ClN2O3S/c1-9-6-10(7-11(15)12(9)14)20(17,18)16-8-13(19-2)4-3-5-13/h6-7,16H,3-5,8,15H2,1-2H3. The second-order valence-corrected chi connectivity index (χ2v) is 7.35. The maximum atomic E-state index is 12.3. The van der Waals surface area contributed by atoms with Crippen LogP contribution in [0.3, 0.4) is 0 Å². The summed E-state index contributed by atoms with van der Waals surface area (Å²) < 4.78 is 32.6. The Balaban J connectivity index is 2.18. The molecule has 1 saturated carbocycles. The lowest BCUT2D eigenvalue weighted by atomic mass is 9.80. The third-order valence-electron chi connectivity index (χ3n) is 3.85. The highest BCUT2D eigenvalue weighted by atomic mass is 35.5. The smallest absolute Gasteiger partial charge is 0.240 e. The number of sulfonamides is 1. The fourth-order valence-corrected chi connectivity index (χ4v) is 3.59. The minimum absolute atomic E-state index is 0.127. The average Bonchev–Trinajstić information content (AvgIpc) is 2.34. The first-order valence-electron chi connectivity index (χ1n) is 6.40. The molecule has 0 aromatic heterocycles. The van der Waals surface area contributed by atoms with Gasteiger partial charge < -0.3 is 10.5 Å². The van der Waals surface area contributed by atoms with Crippen LogP contribution in [0, 0.1) is 6.92 Å². The van der Waals surface area contributed by atoms with Crippen LogP contribution >= 0.6 is 11.6 Å². The molecule has 0 spiro atoms. The zero-order valence-corrected chi connectivity index (χ0v) is 13.1. The van der Waals surface area contributed by atoms with Crippen molar-refractivity contribution < 1.29 is 13.2 Å². The number of ether oxygens (including phenoxy) is 1. The molecule has 1 aliphatic rings. The van der Waals surface area contributed by atoms with Crippen molar-refractivity contribution in [3.63, 3.8) is 0 Å². The van der Waals surface area contributed by atoms with E-state index in [2.05, 4.69) is 4.72 Å². The molecule has 0 atom stereocenters. The van der Waals surface area contributed by atoms with Crippen LogP contribution < -0.4 is 10.5 Å². The number of hydrogen-bond acceptors (Lipinski definition) is 4. The number of benzene rings is 1. The maximum absolute atomic E-state index is 12.3. The van der Waals surface area contributed by atoms with Gasteiger partial charge in [0, 0.05) is 13.7 Å². The van der Waals surface area contributed by atoms with E-state index in [1.807, 2.05) is 0 Å². The number of nitrogen functional groups attached to an aromatic ring is 1. The lowest BCUT2D eigenvalue weighted by molar-refractivity contribution is -0.0659. The third-order valence-corrected chi connectivity index (χ3v) is 5.75. The molecule has 1 aliphatic carbocycles. The second-order valence-electron chi connectivity index (χ2n) is 5.21. The molecule has 0 aliphatic heterocycles. The summed E-state index contributed by atoms with van der Waals surface area (Å²) in [7, 11) is -2.00. The van der Waals surface area contributed by atoms with Gasteiger partial charge in [-0.1, -0.05) is 11.6 Å². The van der Waals surface area contributed by atoms with Crippen molar-refractivity contribution in [3.8, 4) is 0 Å². The molecule has 3 N–H and O–H groups in total. The molecule has 20 heavy (non-hydrogen) atoms. The fraction of sp³-hybridized carbons (Fsp3) is 0.538. The quantitative estimate of drug-likeness (QED) is 0.814. The van der Waals surface area contributed by atoms with Gasteiger partial charge >= 0.3 is 0 Å². The number of anilines is 1. The Kier molecular flexibility index (Phi) is 4.30. The molecule has 1 aromatic rings. The predicted octanol–water partition coefficient (Wildman–Crippen LogP) is 2.08. The van der Waals surface area contributed by atoms with Gasteiger partial charge in [-0.15, -0.1) is 0 Å². The van der Waals surface area contributed by atoms with Gasteiger partial charge in [-0.25, -0.2) is 13.1 Å². The molecule has 5 nitrogen and oxygen atoms in total. The van der Waals surface area contributed by atoms with E-state index in [1.54, 1.807) is 14.0 Å². The third kappa shape index (κ3) is 2.93. The highest BCUT2D eigenvalue weighted by Gasteiger charge is 2.38. The number of hydrogen-bond donors (Lipinski definition) is 2. The van der Waals surface area contributed by atoms with E-state index in [0.717, 1.165) is 19.3 Å². The van der Waals surface area contributed by atoms with Gasteiger partial charge in [0.05, 0.1) is 21.2 Å². The highest BCUT2D eigenvalue weighted by molar-refractivity contribution is 7.89. The van der Waals surface area contributed by atoms with E-state index < -0.39 is 10.0 Å². The van der Waals surface area contributed by atoms with Crippen LogP contribution in [-0.4, -0.2) is 27.7 Å². The van der Waals surface area contributed by atoms with E-state index in [9.17, 15) is 8.42 Å². The zero-order chi connectivity index (χ0) is 15.0. The Hall–Kier alpha value is -0.820. The molecular weight excluding hydrogens is 300 g/mol. The molecule has 0 amide bonds. The number of methoxy groups -OCH3 is 1. The number of aryl methyl sites for hydroxylation is 1. The van der Waals surface area contributed by atoms with Crippen molar-refractivity contribution in [3.05, 3.63) is 22.7 Å². The predicted molar refractivity (Wildman–Crippen MR) is 79.4 cm³/mol. The van der Waals surface area contributed by atoms with E-state index in [-0.39, 0.29) is 22.7 Å². The number of nitrogens with two attached hydrogens (primary N) is 1. The van der Waals surface area contributed by atoms with Gasteiger partial charge in [0.1, 0.15) is 0 Å². The SMILES string of the molecule is COC1(CNS(=O)(=O)c2cc(C)c(Cl)c(N)c2)CCC1. The summed E-state index contributed by atoms with van der Waals surface area (Å²) in [4.78, 5) is 0.127. The van der Waals surface area contributed by atoms with Crippen LogP contribution in [0.1, 0.15) is 24.8 Å². The second kappa shape index (κ2) is 5.52. The van der Waals surface area contributed by atoms with E-state index in [1.165, 1.54) is 12.1 Å². The summed E-state index contributed by atoms with van der Waals surface area (Å²) in [5.41, 5.74) is 6.25. The zero-order valence-electron chi connectivity index (χ0n) is 11.6. The Morgan fingerprint density at radius 3 is 2.55 bits per heavy atom. The van der Waals surface area contributed by atoms with Crippen LogP contribution in [0.4, 0.5) is 5.69 Å². The van der Waals surface area contributed by atoms with Crippen LogP contribution in [0.2, 0.25) is 5.02 Å². The van der Waals surface area contributed by atoms with Crippen molar-refractivity contribution in [1.82, 2.24) is 4.72 Å². The highest BCUT2D eigenvalue weighted by Crippen LogP contribution is 2.34. The van der Waals surface area contributed by atoms with Gasteiger partial charge in [0.15, 0.2) is 0 Å². The fourth-order valence-electron chi connectivity index (χ4n) is 2.25. The van der Waals surface area contributed by atoms with E-state index in [4.69, 9.17) is 22.1 Å². The normalized spacial score (nSPS) is 17.8. The van der Waals surface area contributed by atoms with Crippen LogP contribution in [0.15, 0.2) is 17.0 Å². The van der Waals surface area contributed by atoms with Crippen LogP contribution in [0.25, 0.3) is 0 Å². The lowest BCUT2D eigenvalue weighted by Crippen LogP contribution is -2.49. The molecule has 0 heterocycles. The topological polar surface area (TPSA) is 81.4 Å². The largest absolute Gasteiger partial charge is 0.397 e. The first-order valence-corrected chi connectivity index (χ1v) is 8.26. The van der Waals surface area contributed by atoms with Gasteiger partial charge in [0.25, 0.3) is 0 Å². The minimum Gasteiger partial charge on any atom is -0.397 e. The molecule has 0 unspecified atom stereocenters. The summed E-state index contributed by atoms with van der Waals surface area (Å²) >= 11 is 5.94. The summed E-state index contributed by atoms with van der Waals surface area (Å²) in [5, 5.41) is 0.385. The van der Waals surface area contributed by atoms with Gasteiger partial charge in [-0.05, 0) is 43.9 Å². The molecule has 1 aromatic carbocycles. The number of nitrogens with one attached hydrogen (secondary N) is 1. The number of halogens is 1. The van der Waals surface area contributed by atoms with Gasteiger partial charge in [-0.2, -0.15) is 0 Å². The molecule has 0 radical (unpaired) electrons. The molecule has 2 rings (SSSR count). The Bertz CT molecular complexity index is 584. The minimum atomic E-state index is -3.61. The Morgan fingerprint density at radius 2 is 2.10 bits per heavy atom. The summed E-state index contributed by atoms with van der Waals surface area (Å²) in [6.45, 7) is 1.99. The summed E-state index contributed by atoms with van der Waals surface area (Å²) in [5.74, 6) is 0. The first-order chi connectivity index (χ1) is 9.30. The molecule has 0 saturated heterocycles. The first kappa shape index (κ1) is 15.6. The number of rotatable bonds is 5. The summed E-state index contributed by atoms with van der Waals surface area (Å²) in [6.07, 6.45) is 2.80. The van der Waals surface area contributed by atoms with Gasteiger partial charge in [0.2, 0.25) is 10.0 Å². The lowest BCUT2D eigenvalue weighted by Gasteiger charge is -2.40. The van der Waals surface area contributed by atoms with Crippen molar-refractivity contribution in [2.24, 2.45) is 0 Å². The maximum Gasteiger partial charge on any atom is 0.240 e. The van der Waals surface area contributed by atoms with Crippen molar-refractivity contribution in [2.75, 3.05) is 19.4 Å². The van der Waals surface area contributed by atoms with Crippen molar-refractivity contribution in [1.29, 1.82) is 0 Å². The molecular formula is C13H19ClN2O3S. The summed E-state index contributed by atoms with van der Waals surface area (Å²) in [6, 6.07) is 2.89. The van der Waals surface area contributed by atoms with Crippen molar-refractivity contribution in [2.45, 2.75) is 36.7 Å². The van der Waals surface area contributed by atoms with Gasteiger partial charge in [-0.3, -0.25) is 0 Å². The van der Waals surface area contributed by atoms with Crippen LogP contribution in [0.5, 0.6) is 0 Å². The van der Waals surface area contributed by atoms with Crippen LogP contribution in [-0.2, 0) is 14.8 Å². The molecule has 7 heteroatoms. The Morgan fingerprint density at radius 1 is 1.45 bits per heavy atom. The van der Waals surface area contributed by atoms with Crippen molar-refractivity contribution >= 4 is 27.3 Å².